The van der Waals surface area contributed by atoms with Gasteiger partial charge in [0.1, 0.15) is 0 Å². The quantitative estimate of drug-likeness (QED) is 0.608. The van der Waals surface area contributed by atoms with Gasteiger partial charge in [0, 0.05) is 11.9 Å². The van der Waals surface area contributed by atoms with Gasteiger partial charge in [0.2, 0.25) is 5.91 Å². The van der Waals surface area contributed by atoms with Gasteiger partial charge in [-0.3, -0.25) is 9.79 Å². The fraction of sp³-hybridized carbons (Fsp3) is 0.500. The number of aliphatic imine (C=N–C) groups is 1. The van der Waals surface area contributed by atoms with E-state index in [0.29, 0.717) is 5.70 Å². The Hall–Kier alpha value is -1.12. The van der Waals surface area contributed by atoms with Crippen LogP contribution < -0.4 is 5.73 Å². The summed E-state index contributed by atoms with van der Waals surface area (Å²) >= 11 is 0. The van der Waals surface area contributed by atoms with Crippen LogP contribution in [0.5, 0.6) is 0 Å². The highest BCUT2D eigenvalue weighted by atomic mass is 16.1. The number of rotatable bonds is 3. The van der Waals surface area contributed by atoms with E-state index in [4.69, 9.17) is 5.73 Å². The molecule has 0 aromatic rings. The molecule has 0 spiro atoms. The molecule has 3 nitrogen and oxygen atoms in total. The number of hydrogen-bond acceptors (Lipinski definition) is 2. The fourth-order valence-electron chi connectivity index (χ4n) is 0.459. The molecule has 0 atom stereocenters. The number of nitrogens with two attached hydrogens (primary N) is 1. The molecule has 0 aliphatic rings. The van der Waals surface area contributed by atoms with E-state index < -0.39 is 11.3 Å². The molecule has 0 saturated carbocycles. The second-order valence-corrected chi connectivity index (χ2v) is 2.82. The predicted octanol–water partition coefficient (Wildman–Crippen LogP) is 1.10. The summed E-state index contributed by atoms with van der Waals surface area (Å²) in [6.45, 7) is 8.80. The normalized spacial score (nSPS) is 11.9. The number of hydrogen-bond donors (Lipinski definition) is 1. The first kappa shape index (κ1) is 9.88. The maximum Gasteiger partial charge on any atom is 0.229 e. The molecule has 0 aromatic carbocycles. The van der Waals surface area contributed by atoms with Gasteiger partial charge in [-0.15, -0.1) is 0 Å². The smallest absolute Gasteiger partial charge is 0.229 e. The van der Waals surface area contributed by atoms with Crippen molar-refractivity contribution in [2.45, 2.75) is 20.8 Å². The molecule has 1 amide bonds. The molecule has 11 heavy (non-hydrogen) atoms. The molecular weight excluding hydrogens is 140 g/mol. The maximum absolute atomic E-state index is 10.8. The van der Waals surface area contributed by atoms with Crippen molar-refractivity contribution in [1.29, 1.82) is 0 Å². The predicted molar refractivity (Wildman–Crippen MR) is 46.3 cm³/mol. The Kier molecular flexibility index (Phi) is 2.99. The molecule has 0 aliphatic heterocycles. The number of carbonyl (C=O) groups excluding carboxylic acids is 1. The average molecular weight is 154 g/mol. The summed E-state index contributed by atoms with van der Waals surface area (Å²) in [5.41, 5.74) is 4.88. The van der Waals surface area contributed by atoms with E-state index in [1.54, 1.807) is 27.0 Å². The van der Waals surface area contributed by atoms with Gasteiger partial charge in [-0.05, 0) is 20.8 Å². The Morgan fingerprint density at radius 3 is 2.36 bits per heavy atom. The second kappa shape index (κ2) is 3.32. The van der Waals surface area contributed by atoms with Crippen molar-refractivity contribution >= 4 is 12.1 Å². The third-order valence-electron chi connectivity index (χ3n) is 1.62. The minimum absolute atomic E-state index is 0.409. The SMILES string of the molecule is C=C(N=CC)C(C)(C)C(N)=O. The fourth-order valence-corrected chi connectivity index (χ4v) is 0.459. The van der Waals surface area contributed by atoms with Crippen molar-refractivity contribution in [2.75, 3.05) is 0 Å². The Balaban J connectivity index is 4.56. The minimum atomic E-state index is -0.744. The molecule has 0 bridgehead atoms. The van der Waals surface area contributed by atoms with Crippen LogP contribution in [0.15, 0.2) is 17.3 Å². The Labute approximate surface area is 67.0 Å². The molecule has 62 valence electrons. The maximum atomic E-state index is 10.8. The third kappa shape index (κ3) is 2.18. The van der Waals surface area contributed by atoms with Gasteiger partial charge >= 0.3 is 0 Å². The highest BCUT2D eigenvalue weighted by molar-refractivity contribution is 5.83. The van der Waals surface area contributed by atoms with Gasteiger partial charge < -0.3 is 5.73 Å². The van der Waals surface area contributed by atoms with Crippen molar-refractivity contribution < 1.29 is 4.79 Å². The molecule has 0 aliphatic carbocycles. The van der Waals surface area contributed by atoms with Crippen LogP contribution in [-0.2, 0) is 4.79 Å². The lowest BCUT2D eigenvalue weighted by Gasteiger charge is -2.19. The van der Waals surface area contributed by atoms with Crippen molar-refractivity contribution in [2.24, 2.45) is 16.1 Å². The Morgan fingerprint density at radius 2 is 2.09 bits per heavy atom. The molecule has 0 unspecified atom stereocenters. The van der Waals surface area contributed by atoms with Crippen LogP contribution in [0.3, 0.4) is 0 Å². The number of amides is 1. The van der Waals surface area contributed by atoms with E-state index in [9.17, 15) is 4.79 Å². The molecule has 0 rings (SSSR count). The summed E-state index contributed by atoms with van der Waals surface area (Å²) in [5, 5.41) is 0. The Morgan fingerprint density at radius 1 is 1.64 bits per heavy atom. The van der Waals surface area contributed by atoms with Crippen molar-refractivity contribution in [3.05, 3.63) is 12.3 Å². The van der Waals surface area contributed by atoms with E-state index in [0.717, 1.165) is 0 Å². The molecule has 0 heterocycles. The van der Waals surface area contributed by atoms with Crippen molar-refractivity contribution in [1.82, 2.24) is 0 Å². The number of carbonyl (C=O) groups is 1. The van der Waals surface area contributed by atoms with Crippen LogP contribution in [0.2, 0.25) is 0 Å². The molecule has 0 fully saturated rings. The molecule has 2 N–H and O–H groups in total. The van der Waals surface area contributed by atoms with E-state index in [1.807, 2.05) is 0 Å². The first-order valence-corrected chi connectivity index (χ1v) is 3.41. The summed E-state index contributed by atoms with van der Waals surface area (Å²) in [6, 6.07) is 0. The summed E-state index contributed by atoms with van der Waals surface area (Å²) in [6.07, 6.45) is 1.59. The summed E-state index contributed by atoms with van der Waals surface area (Å²) in [7, 11) is 0. The number of nitrogens with zero attached hydrogens (tertiary/aromatic N) is 1. The molecule has 0 radical (unpaired) electrons. The van der Waals surface area contributed by atoms with Crippen LogP contribution in [0, 0.1) is 5.41 Å². The summed E-state index contributed by atoms with van der Waals surface area (Å²) in [4.78, 5) is 14.7. The summed E-state index contributed by atoms with van der Waals surface area (Å²) < 4.78 is 0. The van der Waals surface area contributed by atoms with E-state index >= 15 is 0 Å². The first-order valence-electron chi connectivity index (χ1n) is 3.41. The number of primary amides is 1. The largest absolute Gasteiger partial charge is 0.369 e. The molecule has 0 aromatic heterocycles. The third-order valence-corrected chi connectivity index (χ3v) is 1.62. The lowest BCUT2D eigenvalue weighted by Crippen LogP contribution is -2.32. The Bertz CT molecular complexity index is 204. The van der Waals surface area contributed by atoms with Gasteiger partial charge in [0.05, 0.1) is 5.41 Å². The van der Waals surface area contributed by atoms with Crippen LogP contribution in [0.1, 0.15) is 20.8 Å². The van der Waals surface area contributed by atoms with Gasteiger partial charge in [-0.1, -0.05) is 6.58 Å². The molecular formula is C8H14N2O. The standard InChI is InChI=1S/C8H14N2O/c1-5-10-6(2)8(3,4)7(9)11/h5H,2H2,1,3-4H3,(H2,9,11). The zero-order valence-corrected chi connectivity index (χ0v) is 7.22. The second-order valence-electron chi connectivity index (χ2n) is 2.82. The van der Waals surface area contributed by atoms with Crippen molar-refractivity contribution in [3.8, 4) is 0 Å². The highest BCUT2D eigenvalue weighted by Gasteiger charge is 2.27. The van der Waals surface area contributed by atoms with Gasteiger partial charge in [-0.2, -0.15) is 0 Å². The summed E-state index contributed by atoms with van der Waals surface area (Å²) in [5.74, 6) is -0.409. The van der Waals surface area contributed by atoms with Crippen LogP contribution in [0.25, 0.3) is 0 Å². The van der Waals surface area contributed by atoms with Crippen LogP contribution in [-0.4, -0.2) is 12.1 Å². The van der Waals surface area contributed by atoms with Crippen molar-refractivity contribution in [3.63, 3.8) is 0 Å². The van der Waals surface area contributed by atoms with Crippen LogP contribution in [0.4, 0.5) is 0 Å². The topological polar surface area (TPSA) is 55.4 Å². The first-order chi connectivity index (χ1) is 4.92. The minimum Gasteiger partial charge on any atom is -0.369 e. The van der Waals surface area contributed by atoms with E-state index in [1.165, 1.54) is 0 Å². The zero-order valence-electron chi connectivity index (χ0n) is 7.22. The van der Waals surface area contributed by atoms with Crippen LogP contribution >= 0.6 is 0 Å². The molecule has 0 saturated heterocycles. The molecule has 3 heteroatoms. The monoisotopic (exact) mass is 154 g/mol. The van der Waals surface area contributed by atoms with Gasteiger partial charge in [-0.25, -0.2) is 0 Å². The van der Waals surface area contributed by atoms with Gasteiger partial charge in [0.15, 0.2) is 0 Å². The lowest BCUT2D eigenvalue weighted by atomic mass is 9.89. The highest BCUT2D eigenvalue weighted by Crippen LogP contribution is 2.24. The van der Waals surface area contributed by atoms with E-state index in [2.05, 4.69) is 11.6 Å². The average Bonchev–Trinajstić information content (AvgIpc) is 1.88. The van der Waals surface area contributed by atoms with E-state index in [-0.39, 0.29) is 0 Å². The lowest BCUT2D eigenvalue weighted by molar-refractivity contribution is -0.124. The zero-order chi connectivity index (χ0) is 9.07. The van der Waals surface area contributed by atoms with Gasteiger partial charge in [0.25, 0.3) is 0 Å².